The lowest BCUT2D eigenvalue weighted by Crippen LogP contribution is -2.50. The van der Waals surface area contributed by atoms with Gasteiger partial charge >= 0.3 is 6.09 Å². The fourth-order valence-corrected chi connectivity index (χ4v) is 5.66. The SMILES string of the molecule is CC(C)(C)OC(=O)N1C[C@@H]2C[C@H]1CN2c1ccc2ncnc(Nc3ccc(OC[C@H]4CCOC4)c(Cl)c3)c2n1. The Bertz CT molecular complexity index is 1380. The molecule has 11 heteroatoms. The van der Waals surface area contributed by atoms with E-state index in [1.807, 2.05) is 56.0 Å². The molecule has 1 N–H and O–H groups in total. The molecule has 206 valence electrons. The van der Waals surface area contributed by atoms with Gasteiger partial charge in [-0.2, -0.15) is 0 Å². The van der Waals surface area contributed by atoms with Gasteiger partial charge in [-0.3, -0.25) is 0 Å². The van der Waals surface area contributed by atoms with Gasteiger partial charge in [-0.1, -0.05) is 11.6 Å². The van der Waals surface area contributed by atoms with Crippen molar-refractivity contribution in [1.29, 1.82) is 0 Å². The Morgan fingerprint density at radius 3 is 2.77 bits per heavy atom. The number of piperazine rings is 1. The van der Waals surface area contributed by atoms with E-state index in [4.69, 9.17) is 30.8 Å². The zero-order valence-electron chi connectivity index (χ0n) is 22.4. The summed E-state index contributed by atoms with van der Waals surface area (Å²) in [7, 11) is 0. The van der Waals surface area contributed by atoms with Gasteiger partial charge in [0.2, 0.25) is 0 Å². The zero-order valence-corrected chi connectivity index (χ0v) is 23.1. The number of amides is 1. The molecule has 3 saturated heterocycles. The predicted octanol–water partition coefficient (Wildman–Crippen LogP) is 5.04. The summed E-state index contributed by atoms with van der Waals surface area (Å²) >= 11 is 6.53. The molecular weight excluding hydrogens is 520 g/mol. The van der Waals surface area contributed by atoms with Crippen LogP contribution >= 0.6 is 11.6 Å². The molecule has 3 atom stereocenters. The number of likely N-dealkylation sites (tertiary alicyclic amines) is 1. The molecule has 3 fully saturated rings. The Hall–Kier alpha value is -3.37. The van der Waals surface area contributed by atoms with Crippen LogP contribution in [0.1, 0.15) is 33.6 Å². The molecular formula is C28H33ClN6O4. The number of ether oxygens (including phenoxy) is 3. The average molecular weight is 553 g/mol. The van der Waals surface area contributed by atoms with Crippen molar-refractivity contribution in [1.82, 2.24) is 19.9 Å². The Morgan fingerprint density at radius 2 is 2.05 bits per heavy atom. The average Bonchev–Trinajstić information content (AvgIpc) is 3.65. The fourth-order valence-electron chi connectivity index (χ4n) is 5.43. The van der Waals surface area contributed by atoms with Crippen LogP contribution in [0.4, 0.5) is 22.1 Å². The van der Waals surface area contributed by atoms with Crippen LogP contribution in [0.25, 0.3) is 11.0 Å². The Balaban J connectivity index is 1.16. The standard InChI is InChI=1S/C28H33ClN6O4/c1-28(2,3)39-27(36)35-13-19-11-20(35)12-34(19)24-7-5-22-25(33-24)26(31-16-30-22)32-18-4-6-23(21(29)10-18)38-15-17-8-9-37-14-17/h4-7,10,16-17,19-20H,8-9,11-15H2,1-3H3,(H,30,31,32)/t17-,19-,20-/m0/s1. The summed E-state index contributed by atoms with van der Waals surface area (Å²) in [5, 5.41) is 3.87. The van der Waals surface area contributed by atoms with Crippen molar-refractivity contribution in [2.75, 3.05) is 43.1 Å². The number of anilines is 3. The highest BCUT2D eigenvalue weighted by Crippen LogP contribution is 2.36. The third-order valence-corrected chi connectivity index (χ3v) is 7.62. The van der Waals surface area contributed by atoms with Crippen LogP contribution in [0.3, 0.4) is 0 Å². The first-order valence-electron chi connectivity index (χ1n) is 13.4. The number of nitrogens with one attached hydrogen (secondary N) is 1. The number of fused-ring (bicyclic) bond motifs is 3. The number of hydrogen-bond donors (Lipinski definition) is 1. The molecule has 5 heterocycles. The number of rotatable bonds is 6. The molecule has 1 aromatic carbocycles. The summed E-state index contributed by atoms with van der Waals surface area (Å²) in [6, 6.07) is 9.83. The molecule has 3 aromatic rings. The summed E-state index contributed by atoms with van der Waals surface area (Å²) < 4.78 is 16.9. The quantitative estimate of drug-likeness (QED) is 0.451. The number of hydrogen-bond acceptors (Lipinski definition) is 9. The molecule has 0 spiro atoms. The maximum atomic E-state index is 12.7. The Morgan fingerprint density at radius 1 is 1.18 bits per heavy atom. The smallest absolute Gasteiger partial charge is 0.410 e. The summed E-state index contributed by atoms with van der Waals surface area (Å²) in [5.41, 5.74) is 1.67. The van der Waals surface area contributed by atoms with E-state index in [0.29, 0.717) is 47.7 Å². The van der Waals surface area contributed by atoms with Crippen molar-refractivity contribution in [3.8, 4) is 5.75 Å². The van der Waals surface area contributed by atoms with Gasteiger partial charge in [0.1, 0.15) is 29.0 Å². The highest BCUT2D eigenvalue weighted by atomic mass is 35.5. The van der Waals surface area contributed by atoms with Gasteiger partial charge in [-0.05, 0) is 63.9 Å². The highest BCUT2D eigenvalue weighted by molar-refractivity contribution is 6.32. The predicted molar refractivity (Wildman–Crippen MR) is 149 cm³/mol. The molecule has 2 aromatic heterocycles. The minimum Gasteiger partial charge on any atom is -0.492 e. The molecule has 2 bridgehead atoms. The Labute approximate surface area is 232 Å². The third kappa shape index (κ3) is 5.53. The summed E-state index contributed by atoms with van der Waals surface area (Å²) in [4.78, 5) is 30.6. The second-order valence-corrected chi connectivity index (χ2v) is 11.8. The van der Waals surface area contributed by atoms with Gasteiger partial charge < -0.3 is 29.3 Å². The van der Waals surface area contributed by atoms with E-state index in [-0.39, 0.29) is 18.2 Å². The molecule has 0 saturated carbocycles. The highest BCUT2D eigenvalue weighted by Gasteiger charge is 2.47. The lowest BCUT2D eigenvalue weighted by atomic mass is 10.1. The first kappa shape index (κ1) is 25.9. The van der Waals surface area contributed by atoms with E-state index < -0.39 is 5.60 Å². The number of aromatic nitrogens is 3. The van der Waals surface area contributed by atoms with E-state index in [9.17, 15) is 4.79 Å². The number of benzene rings is 1. The van der Waals surface area contributed by atoms with Crippen molar-refractivity contribution in [2.24, 2.45) is 5.92 Å². The van der Waals surface area contributed by atoms with Crippen LogP contribution in [0.5, 0.6) is 5.75 Å². The van der Waals surface area contributed by atoms with Crippen molar-refractivity contribution in [2.45, 2.75) is 51.3 Å². The Kier molecular flexibility index (Phi) is 6.84. The lowest BCUT2D eigenvalue weighted by Gasteiger charge is -2.35. The number of carbonyl (C=O) groups is 1. The number of carbonyl (C=O) groups excluding carboxylic acids is 1. The van der Waals surface area contributed by atoms with Crippen LogP contribution in [-0.4, -0.2) is 76.5 Å². The van der Waals surface area contributed by atoms with E-state index in [0.717, 1.165) is 43.1 Å². The number of nitrogens with zero attached hydrogens (tertiary/aromatic N) is 5. The van der Waals surface area contributed by atoms with Crippen molar-refractivity contribution in [3.63, 3.8) is 0 Å². The first-order chi connectivity index (χ1) is 18.7. The molecule has 39 heavy (non-hydrogen) atoms. The second-order valence-electron chi connectivity index (χ2n) is 11.4. The zero-order chi connectivity index (χ0) is 27.1. The lowest BCUT2D eigenvalue weighted by molar-refractivity contribution is 0.0214. The van der Waals surface area contributed by atoms with Crippen LogP contribution in [0, 0.1) is 5.92 Å². The van der Waals surface area contributed by atoms with Crippen LogP contribution in [-0.2, 0) is 9.47 Å². The summed E-state index contributed by atoms with van der Waals surface area (Å²) in [6.07, 6.45) is 3.18. The fraction of sp³-hybridized carbons (Fsp3) is 0.500. The molecule has 1 amide bonds. The van der Waals surface area contributed by atoms with Gasteiger partial charge in [0.15, 0.2) is 5.82 Å². The molecule has 6 rings (SSSR count). The number of pyridine rings is 1. The van der Waals surface area contributed by atoms with Crippen molar-refractivity contribution < 1.29 is 19.0 Å². The monoisotopic (exact) mass is 552 g/mol. The van der Waals surface area contributed by atoms with Gasteiger partial charge in [-0.15, -0.1) is 0 Å². The first-order valence-corrected chi connectivity index (χ1v) is 13.8. The molecule has 3 aliphatic rings. The third-order valence-electron chi connectivity index (χ3n) is 7.32. The molecule has 0 unspecified atom stereocenters. The van der Waals surface area contributed by atoms with E-state index in [1.54, 1.807) is 0 Å². The largest absolute Gasteiger partial charge is 0.492 e. The van der Waals surface area contributed by atoms with Gasteiger partial charge in [0.05, 0.1) is 35.8 Å². The molecule has 0 aliphatic carbocycles. The number of halogens is 1. The second kappa shape index (κ2) is 10.3. The van der Waals surface area contributed by atoms with Gasteiger partial charge in [-0.25, -0.2) is 19.7 Å². The van der Waals surface area contributed by atoms with E-state index in [1.165, 1.54) is 6.33 Å². The van der Waals surface area contributed by atoms with Crippen molar-refractivity contribution >= 4 is 46.1 Å². The maximum Gasteiger partial charge on any atom is 0.410 e. The van der Waals surface area contributed by atoms with Crippen LogP contribution in [0.15, 0.2) is 36.7 Å². The van der Waals surface area contributed by atoms with Crippen LogP contribution < -0.4 is 15.0 Å². The maximum absolute atomic E-state index is 12.7. The normalized spacial score (nSPS) is 22.5. The molecule has 0 radical (unpaired) electrons. The van der Waals surface area contributed by atoms with Gasteiger partial charge in [0, 0.05) is 31.3 Å². The minimum absolute atomic E-state index is 0.107. The topological polar surface area (TPSA) is 102 Å². The van der Waals surface area contributed by atoms with Gasteiger partial charge in [0.25, 0.3) is 0 Å². The summed E-state index contributed by atoms with van der Waals surface area (Å²) in [5.74, 6) is 2.48. The summed E-state index contributed by atoms with van der Waals surface area (Å²) in [6.45, 7) is 9.11. The minimum atomic E-state index is -0.510. The molecule has 10 nitrogen and oxygen atoms in total. The molecule has 3 aliphatic heterocycles. The van der Waals surface area contributed by atoms with E-state index >= 15 is 0 Å². The van der Waals surface area contributed by atoms with Crippen molar-refractivity contribution in [3.05, 3.63) is 41.7 Å². The van der Waals surface area contributed by atoms with E-state index in [2.05, 4.69) is 20.2 Å². The van der Waals surface area contributed by atoms with Crippen LogP contribution in [0.2, 0.25) is 5.02 Å².